The van der Waals surface area contributed by atoms with E-state index in [1.165, 1.54) is 0 Å². The highest BCUT2D eigenvalue weighted by atomic mass is 16.3. The van der Waals surface area contributed by atoms with Crippen LogP contribution in [0.2, 0.25) is 0 Å². The maximum absolute atomic E-state index is 13.5. The third-order valence-corrected chi connectivity index (χ3v) is 5.90. The van der Waals surface area contributed by atoms with Crippen molar-refractivity contribution in [3.05, 3.63) is 82.8 Å². The van der Waals surface area contributed by atoms with Crippen LogP contribution in [0.15, 0.2) is 70.3 Å². The highest BCUT2D eigenvalue weighted by molar-refractivity contribution is 6.16. The number of Topliss-reactive ketones (excluding diaryl/α,β-unsaturated/α-hetero) is 1. The number of aliphatic hydroxyl groups excluding tert-OH is 1. The molecule has 1 aliphatic heterocycles. The van der Waals surface area contributed by atoms with E-state index in [0.29, 0.717) is 24.6 Å². The van der Waals surface area contributed by atoms with Crippen LogP contribution >= 0.6 is 0 Å². The Morgan fingerprint density at radius 2 is 1.81 bits per heavy atom. The van der Waals surface area contributed by atoms with Crippen LogP contribution in [0, 0.1) is 0 Å². The van der Waals surface area contributed by atoms with Gasteiger partial charge in [0, 0.05) is 18.5 Å². The van der Waals surface area contributed by atoms with E-state index in [0.717, 1.165) is 16.5 Å². The average molecular weight is 433 g/mol. The number of hydrogen-bond acceptors (Lipinski definition) is 5. The average Bonchev–Trinajstić information content (AvgIpc) is 3.31. The van der Waals surface area contributed by atoms with E-state index in [2.05, 4.69) is 13.8 Å². The van der Waals surface area contributed by atoms with Crippen LogP contribution in [0.5, 0.6) is 0 Å². The molecule has 0 radical (unpaired) electrons. The topological polar surface area (TPSA) is 74.0 Å². The number of ketones is 1. The van der Waals surface area contributed by atoms with Crippen molar-refractivity contribution in [3.8, 4) is 0 Å². The molecule has 1 amide bonds. The molecule has 6 heteroatoms. The number of carbonyl (C=O) groups excluding carboxylic acids is 2. The Bertz CT molecular complexity index is 1160. The van der Waals surface area contributed by atoms with Gasteiger partial charge in [-0.25, -0.2) is 0 Å². The second-order valence-corrected chi connectivity index (χ2v) is 8.77. The first-order valence-corrected chi connectivity index (χ1v) is 10.8. The van der Waals surface area contributed by atoms with Crippen molar-refractivity contribution in [2.75, 3.05) is 27.2 Å². The van der Waals surface area contributed by atoms with Gasteiger partial charge in [0.1, 0.15) is 5.58 Å². The lowest BCUT2D eigenvalue weighted by molar-refractivity contribution is -0.129. The number of benzene rings is 2. The van der Waals surface area contributed by atoms with Gasteiger partial charge in [0.05, 0.1) is 11.6 Å². The predicted molar refractivity (Wildman–Crippen MR) is 124 cm³/mol. The fourth-order valence-corrected chi connectivity index (χ4v) is 4.06. The van der Waals surface area contributed by atoms with Crippen molar-refractivity contribution >= 4 is 22.7 Å². The minimum atomic E-state index is -0.677. The van der Waals surface area contributed by atoms with Gasteiger partial charge in [0.2, 0.25) is 5.78 Å². The van der Waals surface area contributed by atoms with E-state index in [-0.39, 0.29) is 11.3 Å². The number of carbonyl (C=O) groups is 2. The lowest BCUT2D eigenvalue weighted by Crippen LogP contribution is -2.36. The number of nitrogens with zero attached hydrogens (tertiary/aromatic N) is 2. The Balaban J connectivity index is 1.77. The molecule has 1 aliphatic rings. The number of likely N-dealkylation sites (N-methyl/N-ethyl adjacent to an activating group) is 1. The van der Waals surface area contributed by atoms with Gasteiger partial charge >= 0.3 is 0 Å². The lowest BCUT2D eigenvalue weighted by Gasteiger charge is -2.28. The van der Waals surface area contributed by atoms with Crippen molar-refractivity contribution in [3.63, 3.8) is 0 Å². The molecule has 2 heterocycles. The molecule has 0 saturated carbocycles. The smallest absolute Gasteiger partial charge is 0.290 e. The number of rotatable bonds is 7. The fraction of sp³-hybridized carbons (Fsp3) is 0.308. The van der Waals surface area contributed by atoms with Crippen LogP contribution in [0.4, 0.5) is 0 Å². The van der Waals surface area contributed by atoms with E-state index >= 15 is 0 Å². The van der Waals surface area contributed by atoms with E-state index in [4.69, 9.17) is 4.42 Å². The molecule has 0 unspecified atom stereocenters. The quantitative estimate of drug-likeness (QED) is 0.548. The zero-order valence-electron chi connectivity index (χ0n) is 18.8. The summed E-state index contributed by atoms with van der Waals surface area (Å²) in [7, 11) is 3.83. The van der Waals surface area contributed by atoms with E-state index in [9.17, 15) is 14.7 Å². The van der Waals surface area contributed by atoms with E-state index in [1.54, 1.807) is 17.0 Å². The molecule has 32 heavy (non-hydrogen) atoms. The Hall–Kier alpha value is -3.38. The zero-order valence-corrected chi connectivity index (χ0v) is 18.8. The van der Waals surface area contributed by atoms with Gasteiger partial charge in [0.15, 0.2) is 11.5 Å². The van der Waals surface area contributed by atoms with Gasteiger partial charge in [-0.1, -0.05) is 56.3 Å². The van der Waals surface area contributed by atoms with Gasteiger partial charge in [0.25, 0.3) is 5.91 Å². The Labute approximate surface area is 187 Å². The molecular formula is C26H28N2O4. The maximum Gasteiger partial charge on any atom is 0.290 e. The molecule has 0 aliphatic carbocycles. The van der Waals surface area contributed by atoms with Crippen LogP contribution < -0.4 is 0 Å². The summed E-state index contributed by atoms with van der Waals surface area (Å²) >= 11 is 0. The van der Waals surface area contributed by atoms with Crippen molar-refractivity contribution in [2.24, 2.45) is 0 Å². The third-order valence-electron chi connectivity index (χ3n) is 5.90. The summed E-state index contributed by atoms with van der Waals surface area (Å²) < 4.78 is 5.76. The molecule has 0 bridgehead atoms. The normalized spacial score (nSPS) is 16.8. The van der Waals surface area contributed by atoms with Crippen LogP contribution in [-0.4, -0.2) is 53.8 Å². The molecule has 0 spiro atoms. The first kappa shape index (κ1) is 21.8. The molecule has 166 valence electrons. The van der Waals surface area contributed by atoms with E-state index < -0.39 is 23.5 Å². The molecule has 1 aromatic heterocycles. The lowest BCUT2D eigenvalue weighted by atomic mass is 9.93. The Morgan fingerprint density at radius 3 is 2.44 bits per heavy atom. The molecule has 3 aromatic rings. The molecule has 2 aromatic carbocycles. The number of fused-ring (bicyclic) bond motifs is 1. The maximum atomic E-state index is 13.5. The van der Waals surface area contributed by atoms with Crippen LogP contribution in [0.1, 0.15) is 47.5 Å². The van der Waals surface area contributed by atoms with Crippen molar-refractivity contribution in [2.45, 2.75) is 25.8 Å². The van der Waals surface area contributed by atoms with Gasteiger partial charge < -0.3 is 19.3 Å². The summed E-state index contributed by atoms with van der Waals surface area (Å²) in [5.41, 5.74) is 2.59. The summed E-state index contributed by atoms with van der Waals surface area (Å²) in [6.45, 7) is 5.20. The Morgan fingerprint density at radius 1 is 1.12 bits per heavy atom. The van der Waals surface area contributed by atoms with Crippen LogP contribution in [0.3, 0.4) is 0 Å². The summed E-state index contributed by atoms with van der Waals surface area (Å²) in [6.07, 6.45) is 0. The van der Waals surface area contributed by atoms with Crippen LogP contribution in [0.25, 0.3) is 11.0 Å². The van der Waals surface area contributed by atoms with E-state index in [1.807, 2.05) is 61.5 Å². The molecule has 0 saturated heterocycles. The number of aliphatic hydroxyl groups is 1. The summed E-state index contributed by atoms with van der Waals surface area (Å²) in [6, 6.07) is 16.2. The number of para-hydroxylation sites is 1. The summed E-state index contributed by atoms with van der Waals surface area (Å²) in [4.78, 5) is 30.1. The number of furan rings is 1. The fourth-order valence-electron chi connectivity index (χ4n) is 4.06. The zero-order chi connectivity index (χ0) is 23.0. The summed E-state index contributed by atoms with van der Waals surface area (Å²) in [5.74, 6) is -1.05. The summed E-state index contributed by atoms with van der Waals surface area (Å²) in [5, 5.41) is 11.6. The standard InChI is InChI=1S/C26H28N2O4/c1-16(2)17-9-11-18(12-10-17)23-22(25(30)26(31)28(23)14-13-27(3)4)24(29)21-15-19-7-5-6-8-20(19)32-21/h5-12,15-16,23,30H,13-14H2,1-4H3/t23-/m0/s1. The minimum Gasteiger partial charge on any atom is -0.503 e. The molecular weight excluding hydrogens is 404 g/mol. The minimum absolute atomic E-state index is 0.0603. The van der Waals surface area contributed by atoms with Gasteiger partial charge in [-0.05, 0) is 43.3 Å². The van der Waals surface area contributed by atoms with Gasteiger partial charge in [-0.3, -0.25) is 9.59 Å². The third kappa shape index (κ3) is 3.94. The first-order valence-electron chi connectivity index (χ1n) is 10.8. The van der Waals surface area contributed by atoms with Gasteiger partial charge in [-0.15, -0.1) is 0 Å². The second kappa shape index (κ2) is 8.63. The SMILES string of the molecule is CC(C)c1ccc([C@H]2C(C(=O)c3cc4ccccc4o3)=C(O)C(=O)N2CCN(C)C)cc1. The molecule has 4 rings (SSSR count). The molecule has 1 atom stereocenters. The highest BCUT2D eigenvalue weighted by Gasteiger charge is 2.44. The van der Waals surface area contributed by atoms with Crippen molar-refractivity contribution < 1.29 is 19.1 Å². The van der Waals surface area contributed by atoms with Gasteiger partial charge in [-0.2, -0.15) is 0 Å². The Kier molecular flexibility index (Phi) is 5.89. The second-order valence-electron chi connectivity index (χ2n) is 8.77. The van der Waals surface area contributed by atoms with Crippen molar-refractivity contribution in [1.82, 2.24) is 9.80 Å². The number of hydrogen-bond donors (Lipinski definition) is 1. The largest absolute Gasteiger partial charge is 0.503 e. The molecule has 6 nitrogen and oxygen atoms in total. The first-order chi connectivity index (χ1) is 15.3. The molecule has 1 N–H and O–H groups in total. The van der Waals surface area contributed by atoms with Crippen molar-refractivity contribution in [1.29, 1.82) is 0 Å². The number of amides is 1. The van der Waals surface area contributed by atoms with Crippen LogP contribution in [-0.2, 0) is 4.79 Å². The monoisotopic (exact) mass is 432 g/mol. The molecule has 0 fully saturated rings. The predicted octanol–water partition coefficient (Wildman–Crippen LogP) is 4.70. The highest BCUT2D eigenvalue weighted by Crippen LogP contribution is 2.39.